The zero-order chi connectivity index (χ0) is 16.2. The van der Waals surface area contributed by atoms with Crippen molar-refractivity contribution >= 4 is 11.5 Å². The van der Waals surface area contributed by atoms with Crippen LogP contribution in [-0.2, 0) is 0 Å². The van der Waals surface area contributed by atoms with Crippen LogP contribution in [0, 0.1) is 5.82 Å². The van der Waals surface area contributed by atoms with Crippen LogP contribution in [0.25, 0.3) is 0 Å². The number of hydrogen-bond acceptors (Lipinski definition) is 2. The number of benzene rings is 2. The predicted molar refractivity (Wildman–Crippen MR) is 74.9 cm³/mol. The number of carbonyl (C=O) groups excluding carboxylic acids is 1. The maximum Gasteiger partial charge on any atom is 0.431 e. The fraction of sp³-hybridized carbons (Fsp3) is 0.0625. The minimum Gasteiger partial charge on any atom is -0.349 e. The van der Waals surface area contributed by atoms with Gasteiger partial charge in [-0.15, -0.1) is 0 Å². The average molecular weight is 309 g/mol. The maximum atomic E-state index is 13.5. The second-order valence-electron chi connectivity index (χ2n) is 4.39. The van der Waals surface area contributed by atoms with Crippen LogP contribution < -0.4 is 5.32 Å². The summed E-state index contributed by atoms with van der Waals surface area (Å²) in [5, 5.41) is 1.93. The molecule has 0 spiro atoms. The first-order valence-electron chi connectivity index (χ1n) is 6.28. The van der Waals surface area contributed by atoms with Gasteiger partial charge in [0.2, 0.25) is 0 Å². The highest BCUT2D eigenvalue weighted by molar-refractivity contribution is 6.05. The van der Waals surface area contributed by atoms with Gasteiger partial charge in [-0.25, -0.2) is 4.39 Å². The molecule has 22 heavy (non-hydrogen) atoms. The summed E-state index contributed by atoms with van der Waals surface area (Å²) in [5.74, 6) is -1.67. The van der Waals surface area contributed by atoms with E-state index in [1.54, 1.807) is 18.2 Å². The van der Waals surface area contributed by atoms with Gasteiger partial charge in [0.1, 0.15) is 11.5 Å². The number of carbonyl (C=O) groups is 1. The van der Waals surface area contributed by atoms with Crippen molar-refractivity contribution in [3.05, 3.63) is 77.8 Å². The number of rotatable bonds is 4. The van der Waals surface area contributed by atoms with Crippen molar-refractivity contribution < 1.29 is 22.4 Å². The lowest BCUT2D eigenvalue weighted by molar-refractivity contribution is -0.0903. The molecule has 0 atom stereocenters. The molecule has 0 fully saturated rings. The largest absolute Gasteiger partial charge is 0.431 e. The topological polar surface area (TPSA) is 29.1 Å². The first-order valence-corrected chi connectivity index (χ1v) is 6.28. The van der Waals surface area contributed by atoms with Crippen LogP contribution in [0.15, 0.2) is 66.4 Å². The predicted octanol–water partition coefficient (Wildman–Crippen LogP) is 4.57. The van der Waals surface area contributed by atoms with Gasteiger partial charge in [-0.1, -0.05) is 42.5 Å². The summed E-state index contributed by atoms with van der Waals surface area (Å²) >= 11 is 0. The molecular formula is C16H11F4NO. The molecule has 0 bridgehead atoms. The fourth-order valence-corrected chi connectivity index (χ4v) is 1.71. The van der Waals surface area contributed by atoms with Gasteiger partial charge in [-0.3, -0.25) is 4.79 Å². The van der Waals surface area contributed by atoms with E-state index in [4.69, 9.17) is 0 Å². The Bertz CT molecular complexity index is 693. The minimum absolute atomic E-state index is 0.111. The molecule has 114 valence electrons. The summed E-state index contributed by atoms with van der Waals surface area (Å²) in [5.41, 5.74) is -1.57. The standard InChI is InChI=1S/C16H11F4NO/c17-12-8-4-5-9-13(12)21-15(16(18,19)20)10-14(22)11-6-2-1-3-7-11/h1-10,21H/b15-10-. The lowest BCUT2D eigenvalue weighted by Gasteiger charge is -2.14. The van der Waals surface area contributed by atoms with Crippen LogP contribution in [0.2, 0.25) is 0 Å². The Morgan fingerprint density at radius 1 is 0.955 bits per heavy atom. The monoisotopic (exact) mass is 309 g/mol. The lowest BCUT2D eigenvalue weighted by Crippen LogP contribution is -2.21. The van der Waals surface area contributed by atoms with Crippen molar-refractivity contribution in [2.24, 2.45) is 0 Å². The highest BCUT2D eigenvalue weighted by Crippen LogP contribution is 2.28. The van der Waals surface area contributed by atoms with Gasteiger partial charge in [-0.2, -0.15) is 13.2 Å². The Labute approximate surface area is 124 Å². The van der Waals surface area contributed by atoms with Crippen molar-refractivity contribution in [3.8, 4) is 0 Å². The molecule has 6 heteroatoms. The second-order valence-corrected chi connectivity index (χ2v) is 4.39. The van der Waals surface area contributed by atoms with Crippen LogP contribution in [0.3, 0.4) is 0 Å². The SMILES string of the molecule is O=C(/C=C(\Nc1ccccc1F)C(F)(F)F)c1ccccc1. The maximum absolute atomic E-state index is 13.5. The summed E-state index contributed by atoms with van der Waals surface area (Å²) in [6.45, 7) is 0. The molecule has 0 aliphatic rings. The van der Waals surface area contributed by atoms with Crippen LogP contribution in [0.1, 0.15) is 10.4 Å². The molecule has 0 aliphatic heterocycles. The second kappa shape index (κ2) is 6.43. The Morgan fingerprint density at radius 2 is 1.55 bits per heavy atom. The van der Waals surface area contributed by atoms with Crippen molar-refractivity contribution in [3.63, 3.8) is 0 Å². The van der Waals surface area contributed by atoms with E-state index >= 15 is 0 Å². The Kier molecular flexibility index (Phi) is 4.60. The number of alkyl halides is 3. The van der Waals surface area contributed by atoms with Gasteiger partial charge in [0.25, 0.3) is 0 Å². The van der Waals surface area contributed by atoms with E-state index in [2.05, 4.69) is 0 Å². The molecule has 0 saturated heterocycles. The molecule has 2 aromatic carbocycles. The Hall–Kier alpha value is -2.63. The summed E-state index contributed by atoms with van der Waals surface area (Å²) in [6.07, 6.45) is -4.39. The first-order chi connectivity index (χ1) is 10.4. The van der Waals surface area contributed by atoms with E-state index in [0.717, 1.165) is 12.1 Å². The van der Waals surface area contributed by atoms with Gasteiger partial charge in [0.05, 0.1) is 5.69 Å². The Morgan fingerprint density at radius 3 is 2.14 bits per heavy atom. The van der Waals surface area contributed by atoms with E-state index in [1.165, 1.54) is 24.3 Å². The minimum atomic E-state index is -4.81. The molecule has 0 saturated carbocycles. The third-order valence-electron chi connectivity index (χ3n) is 2.78. The molecule has 0 aromatic heterocycles. The van der Waals surface area contributed by atoms with Gasteiger partial charge in [0, 0.05) is 11.6 Å². The molecule has 1 N–H and O–H groups in total. The van der Waals surface area contributed by atoms with Crippen molar-refractivity contribution in [1.82, 2.24) is 0 Å². The van der Waals surface area contributed by atoms with Crippen molar-refractivity contribution in [1.29, 1.82) is 0 Å². The summed E-state index contributed by atoms with van der Waals surface area (Å²) in [7, 11) is 0. The average Bonchev–Trinajstić information content (AvgIpc) is 2.48. The first kappa shape index (κ1) is 15.8. The van der Waals surface area contributed by atoms with E-state index < -0.39 is 23.5 Å². The number of anilines is 1. The van der Waals surface area contributed by atoms with Crippen LogP contribution in [0.4, 0.5) is 23.2 Å². The smallest absolute Gasteiger partial charge is 0.349 e. The van der Waals surface area contributed by atoms with Crippen LogP contribution in [-0.4, -0.2) is 12.0 Å². The Balaban J connectivity index is 2.33. The molecule has 0 heterocycles. The lowest BCUT2D eigenvalue weighted by atomic mass is 10.1. The number of nitrogens with one attached hydrogen (secondary N) is 1. The number of para-hydroxylation sites is 1. The van der Waals surface area contributed by atoms with Gasteiger partial charge in [0.15, 0.2) is 5.78 Å². The van der Waals surface area contributed by atoms with E-state index in [9.17, 15) is 22.4 Å². The van der Waals surface area contributed by atoms with Gasteiger partial charge >= 0.3 is 6.18 Å². The number of hydrogen-bond donors (Lipinski definition) is 1. The normalized spacial score (nSPS) is 12.1. The fourth-order valence-electron chi connectivity index (χ4n) is 1.71. The molecule has 2 nitrogen and oxygen atoms in total. The molecular weight excluding hydrogens is 298 g/mol. The quantitative estimate of drug-likeness (QED) is 0.509. The molecule has 0 amide bonds. The summed E-state index contributed by atoms with van der Waals surface area (Å²) in [4.78, 5) is 11.9. The molecule has 0 unspecified atom stereocenters. The number of halogens is 4. The highest BCUT2D eigenvalue weighted by Gasteiger charge is 2.35. The van der Waals surface area contributed by atoms with Crippen molar-refractivity contribution in [2.75, 3.05) is 5.32 Å². The molecule has 2 rings (SSSR count). The van der Waals surface area contributed by atoms with Crippen molar-refractivity contribution in [2.45, 2.75) is 6.18 Å². The highest BCUT2D eigenvalue weighted by atomic mass is 19.4. The van der Waals surface area contributed by atoms with Gasteiger partial charge < -0.3 is 5.32 Å². The van der Waals surface area contributed by atoms with Crippen LogP contribution in [0.5, 0.6) is 0 Å². The van der Waals surface area contributed by atoms with Gasteiger partial charge in [-0.05, 0) is 12.1 Å². The zero-order valence-corrected chi connectivity index (χ0v) is 11.2. The third-order valence-corrected chi connectivity index (χ3v) is 2.78. The summed E-state index contributed by atoms with van der Waals surface area (Å²) < 4.78 is 52.5. The molecule has 0 aliphatic carbocycles. The zero-order valence-electron chi connectivity index (χ0n) is 11.2. The van der Waals surface area contributed by atoms with E-state index in [1.807, 2.05) is 5.32 Å². The summed E-state index contributed by atoms with van der Waals surface area (Å²) in [6, 6.07) is 12.4. The van der Waals surface area contributed by atoms with E-state index in [0.29, 0.717) is 6.08 Å². The van der Waals surface area contributed by atoms with E-state index in [-0.39, 0.29) is 11.3 Å². The molecule has 0 radical (unpaired) electrons. The van der Waals surface area contributed by atoms with Crippen LogP contribution >= 0.6 is 0 Å². The number of allylic oxidation sites excluding steroid dienone is 2. The number of ketones is 1. The molecule has 2 aromatic rings. The third kappa shape index (κ3) is 3.94.